The van der Waals surface area contributed by atoms with Gasteiger partial charge in [-0.05, 0) is 30.7 Å². The molecule has 0 aliphatic rings. The van der Waals surface area contributed by atoms with Crippen LogP contribution in [0.2, 0.25) is 0 Å². The maximum Gasteiger partial charge on any atom is 0.338 e. The number of esters is 1. The summed E-state index contributed by atoms with van der Waals surface area (Å²) in [4.78, 5) is 22.5. The molecule has 6 heteroatoms. The summed E-state index contributed by atoms with van der Waals surface area (Å²) in [6.45, 7) is 2.58. The molecule has 0 radical (unpaired) electrons. The number of rotatable bonds is 5. The second kappa shape index (κ2) is 6.54. The molecule has 0 amide bonds. The van der Waals surface area contributed by atoms with E-state index < -0.39 is 4.92 Å². The molecule has 3 aromatic rings. The molecule has 1 aromatic heterocycles. The van der Waals surface area contributed by atoms with E-state index in [1.165, 1.54) is 6.07 Å². The fraction of sp³-hybridized carbons (Fsp3) is 0.167. The zero-order chi connectivity index (χ0) is 17.1. The highest BCUT2D eigenvalue weighted by Gasteiger charge is 2.14. The average Bonchev–Trinajstić information content (AvgIpc) is 2.98. The number of nitro groups is 1. The van der Waals surface area contributed by atoms with Crippen molar-refractivity contribution in [1.82, 2.24) is 4.57 Å². The third kappa shape index (κ3) is 2.99. The molecule has 0 saturated heterocycles. The van der Waals surface area contributed by atoms with E-state index in [9.17, 15) is 14.9 Å². The zero-order valence-electron chi connectivity index (χ0n) is 13.1. The number of hydrogen-bond donors (Lipinski definition) is 0. The van der Waals surface area contributed by atoms with Crippen LogP contribution in [0, 0.1) is 10.1 Å². The third-order valence-electron chi connectivity index (χ3n) is 3.82. The molecule has 0 unspecified atom stereocenters. The van der Waals surface area contributed by atoms with Gasteiger partial charge in [-0.2, -0.15) is 0 Å². The van der Waals surface area contributed by atoms with Crippen molar-refractivity contribution in [2.75, 3.05) is 6.61 Å². The Balaban J connectivity index is 1.96. The van der Waals surface area contributed by atoms with Gasteiger partial charge in [0.2, 0.25) is 0 Å². The van der Waals surface area contributed by atoms with Crippen LogP contribution in [0.5, 0.6) is 0 Å². The second-order valence-electron chi connectivity index (χ2n) is 5.32. The quantitative estimate of drug-likeness (QED) is 0.407. The number of ether oxygens (including phenoxy) is 1. The Morgan fingerprint density at radius 3 is 2.75 bits per heavy atom. The van der Waals surface area contributed by atoms with E-state index >= 15 is 0 Å². The van der Waals surface area contributed by atoms with Crippen LogP contribution < -0.4 is 0 Å². The van der Waals surface area contributed by atoms with E-state index in [0.717, 1.165) is 16.5 Å². The van der Waals surface area contributed by atoms with Crippen molar-refractivity contribution < 1.29 is 14.5 Å². The SMILES string of the molecule is CCOC(=O)c1ccccc1Cn1ccc2cc([N+](=O)[O-])ccc21. The van der Waals surface area contributed by atoms with Crippen molar-refractivity contribution in [2.45, 2.75) is 13.5 Å². The normalized spacial score (nSPS) is 10.7. The molecule has 2 aromatic carbocycles. The van der Waals surface area contributed by atoms with E-state index in [4.69, 9.17) is 4.74 Å². The minimum Gasteiger partial charge on any atom is -0.462 e. The highest BCUT2D eigenvalue weighted by Crippen LogP contribution is 2.23. The van der Waals surface area contributed by atoms with Gasteiger partial charge < -0.3 is 9.30 Å². The first kappa shape index (κ1) is 15.7. The number of aromatic nitrogens is 1. The summed E-state index contributed by atoms with van der Waals surface area (Å²) in [7, 11) is 0. The van der Waals surface area contributed by atoms with Crippen LogP contribution in [-0.2, 0) is 11.3 Å². The maximum atomic E-state index is 12.1. The van der Waals surface area contributed by atoms with Gasteiger partial charge in [0, 0.05) is 35.8 Å². The molecule has 0 spiro atoms. The standard InChI is InChI=1S/C18H16N2O4/c1-2-24-18(21)16-6-4-3-5-14(16)12-19-10-9-13-11-15(20(22)23)7-8-17(13)19/h3-11H,2,12H2,1H3. The first-order valence-electron chi connectivity index (χ1n) is 7.58. The predicted molar refractivity (Wildman–Crippen MR) is 90.1 cm³/mol. The summed E-state index contributed by atoms with van der Waals surface area (Å²) in [5.74, 6) is -0.347. The number of fused-ring (bicyclic) bond motifs is 1. The molecule has 0 bridgehead atoms. The summed E-state index contributed by atoms with van der Waals surface area (Å²) in [5, 5.41) is 11.7. The lowest BCUT2D eigenvalue weighted by Crippen LogP contribution is -2.10. The fourth-order valence-electron chi connectivity index (χ4n) is 2.69. The van der Waals surface area contributed by atoms with Crippen LogP contribution in [0.25, 0.3) is 10.9 Å². The summed E-state index contributed by atoms with van der Waals surface area (Å²) in [6.07, 6.45) is 1.86. The van der Waals surface area contributed by atoms with Gasteiger partial charge >= 0.3 is 5.97 Å². The van der Waals surface area contributed by atoms with Crippen molar-refractivity contribution in [3.63, 3.8) is 0 Å². The lowest BCUT2D eigenvalue weighted by molar-refractivity contribution is -0.384. The number of nitro benzene ring substituents is 1. The number of non-ortho nitro benzene ring substituents is 1. The molecule has 1 heterocycles. The molecule has 122 valence electrons. The summed E-state index contributed by atoms with van der Waals surface area (Å²) in [6, 6.07) is 13.9. The molecule has 0 saturated carbocycles. The highest BCUT2D eigenvalue weighted by atomic mass is 16.6. The molecule has 0 fully saturated rings. The van der Waals surface area contributed by atoms with Crippen LogP contribution in [0.4, 0.5) is 5.69 Å². The Morgan fingerprint density at radius 1 is 1.21 bits per heavy atom. The van der Waals surface area contributed by atoms with Crippen LogP contribution in [-0.4, -0.2) is 22.1 Å². The van der Waals surface area contributed by atoms with Gasteiger partial charge in [-0.25, -0.2) is 4.79 Å². The Morgan fingerprint density at radius 2 is 2.00 bits per heavy atom. The Labute approximate surface area is 138 Å². The Kier molecular flexibility index (Phi) is 4.29. The number of carbonyl (C=O) groups excluding carboxylic acids is 1. The molecule has 24 heavy (non-hydrogen) atoms. The minimum atomic E-state index is -0.410. The van der Waals surface area contributed by atoms with E-state index in [2.05, 4.69) is 0 Å². The predicted octanol–water partition coefficient (Wildman–Crippen LogP) is 3.77. The van der Waals surface area contributed by atoms with Crippen LogP contribution in [0.1, 0.15) is 22.8 Å². The van der Waals surface area contributed by atoms with Gasteiger partial charge in [-0.15, -0.1) is 0 Å². The Hall–Kier alpha value is -3.15. The third-order valence-corrected chi connectivity index (χ3v) is 3.82. The van der Waals surface area contributed by atoms with Gasteiger partial charge in [-0.1, -0.05) is 18.2 Å². The van der Waals surface area contributed by atoms with Crippen molar-refractivity contribution in [2.24, 2.45) is 0 Å². The molecule has 0 aliphatic heterocycles. The summed E-state index contributed by atoms with van der Waals surface area (Å²) in [5.41, 5.74) is 2.31. The van der Waals surface area contributed by atoms with Crippen molar-refractivity contribution in [1.29, 1.82) is 0 Å². The molecular weight excluding hydrogens is 308 g/mol. The second-order valence-corrected chi connectivity index (χ2v) is 5.32. The molecule has 0 N–H and O–H groups in total. The number of benzene rings is 2. The smallest absolute Gasteiger partial charge is 0.338 e. The minimum absolute atomic E-state index is 0.0622. The lowest BCUT2D eigenvalue weighted by Gasteiger charge is -2.10. The van der Waals surface area contributed by atoms with Crippen LogP contribution in [0.3, 0.4) is 0 Å². The number of hydrogen-bond acceptors (Lipinski definition) is 4. The van der Waals surface area contributed by atoms with E-state index in [0.29, 0.717) is 18.7 Å². The first-order valence-corrected chi connectivity index (χ1v) is 7.58. The van der Waals surface area contributed by atoms with Crippen LogP contribution in [0.15, 0.2) is 54.7 Å². The molecule has 0 aliphatic carbocycles. The van der Waals surface area contributed by atoms with E-state index in [1.807, 2.05) is 29.0 Å². The molecule has 3 rings (SSSR count). The van der Waals surface area contributed by atoms with Gasteiger partial charge in [0.15, 0.2) is 0 Å². The summed E-state index contributed by atoms with van der Waals surface area (Å²) >= 11 is 0. The largest absolute Gasteiger partial charge is 0.462 e. The topological polar surface area (TPSA) is 74.4 Å². The molecule has 6 nitrogen and oxygen atoms in total. The fourth-order valence-corrected chi connectivity index (χ4v) is 2.69. The van der Waals surface area contributed by atoms with Crippen molar-refractivity contribution in [3.05, 3.63) is 76.0 Å². The average molecular weight is 324 g/mol. The molecular formula is C18H16N2O4. The maximum absolute atomic E-state index is 12.1. The number of carbonyl (C=O) groups is 1. The number of nitrogens with zero attached hydrogens (tertiary/aromatic N) is 2. The van der Waals surface area contributed by atoms with Gasteiger partial charge in [-0.3, -0.25) is 10.1 Å². The van der Waals surface area contributed by atoms with Gasteiger partial charge in [0.1, 0.15) is 0 Å². The van der Waals surface area contributed by atoms with Gasteiger partial charge in [0.05, 0.1) is 17.1 Å². The highest BCUT2D eigenvalue weighted by molar-refractivity contribution is 5.91. The van der Waals surface area contributed by atoms with E-state index in [-0.39, 0.29) is 11.7 Å². The Bertz CT molecular complexity index is 914. The van der Waals surface area contributed by atoms with E-state index in [1.54, 1.807) is 31.2 Å². The van der Waals surface area contributed by atoms with Crippen molar-refractivity contribution in [3.8, 4) is 0 Å². The lowest BCUT2D eigenvalue weighted by atomic mass is 10.1. The van der Waals surface area contributed by atoms with Crippen LogP contribution >= 0.6 is 0 Å². The summed E-state index contributed by atoms with van der Waals surface area (Å²) < 4.78 is 7.05. The van der Waals surface area contributed by atoms with Gasteiger partial charge in [0.25, 0.3) is 5.69 Å². The van der Waals surface area contributed by atoms with Crippen molar-refractivity contribution >= 4 is 22.6 Å². The first-order chi connectivity index (χ1) is 11.6. The monoisotopic (exact) mass is 324 g/mol. The zero-order valence-corrected chi connectivity index (χ0v) is 13.1. The molecule has 0 atom stereocenters.